The minimum Gasteiger partial charge on any atom is -0.508 e. The Morgan fingerprint density at radius 1 is 0.875 bits per heavy atom. The van der Waals surface area contributed by atoms with Gasteiger partial charge in [0.25, 0.3) is 5.91 Å². The molecule has 0 saturated heterocycles. The first-order valence-corrected chi connectivity index (χ1v) is 15.6. The van der Waals surface area contributed by atoms with Crippen molar-refractivity contribution in [2.24, 2.45) is 5.73 Å². The first-order chi connectivity index (χ1) is 22.8. The number of halogens is 4. The molecule has 0 unspecified atom stereocenters. The summed E-state index contributed by atoms with van der Waals surface area (Å²) < 4.78 is 32.7. The van der Waals surface area contributed by atoms with Crippen LogP contribution in [0.2, 0.25) is 0 Å². The molecule has 0 aliphatic heterocycles. The maximum Gasteiger partial charge on any atom is 0.490 e. The fraction of sp³-hybridized carbons (Fsp3) is 0.194. The molecule has 0 heterocycles. The standard InChI is InChI=1S/C34H34BrN3O3.C2HF3O2/c35-31-13-8-25(9-14-31)12-17-33(40)38(21-18-26-10-15-32(39)16-11-26)24-27-4-1-5-28(22-27)29-6-2-7-30(23-29)34(41)37-20-3-19-36;3-2(4,5)1(6)7/h1-2,4-17,22-23,39H,3,18-21,24,36H2,(H,37,41);(H,6,7). The summed E-state index contributed by atoms with van der Waals surface area (Å²) in [4.78, 5) is 36.7. The van der Waals surface area contributed by atoms with Gasteiger partial charge in [0.1, 0.15) is 5.75 Å². The molecule has 5 N–H and O–H groups in total. The molecule has 4 aromatic rings. The van der Waals surface area contributed by atoms with Gasteiger partial charge in [-0.25, -0.2) is 4.79 Å². The Hall–Kier alpha value is -4.94. The van der Waals surface area contributed by atoms with Crippen LogP contribution in [0.1, 0.15) is 33.5 Å². The average Bonchev–Trinajstić information content (AvgIpc) is 3.07. The summed E-state index contributed by atoms with van der Waals surface area (Å²) in [5.74, 6) is -2.76. The van der Waals surface area contributed by atoms with Crippen molar-refractivity contribution >= 4 is 39.8 Å². The highest BCUT2D eigenvalue weighted by atomic mass is 79.9. The summed E-state index contributed by atoms with van der Waals surface area (Å²) >= 11 is 3.44. The molecule has 0 saturated carbocycles. The van der Waals surface area contributed by atoms with Crippen LogP contribution in [0, 0.1) is 0 Å². The van der Waals surface area contributed by atoms with Gasteiger partial charge in [-0.1, -0.05) is 70.5 Å². The summed E-state index contributed by atoms with van der Waals surface area (Å²) in [6.45, 7) is 2.01. The van der Waals surface area contributed by atoms with Crippen molar-refractivity contribution in [3.05, 3.63) is 130 Å². The fourth-order valence-electron chi connectivity index (χ4n) is 4.36. The predicted octanol–water partition coefficient (Wildman–Crippen LogP) is 6.82. The number of amides is 2. The van der Waals surface area contributed by atoms with Gasteiger partial charge in [0.2, 0.25) is 5.91 Å². The topological polar surface area (TPSA) is 133 Å². The number of carbonyl (C=O) groups is 3. The van der Waals surface area contributed by atoms with Gasteiger partial charge in [0, 0.05) is 35.7 Å². The number of carboxylic acid groups (broad SMARTS) is 1. The number of phenolic OH excluding ortho intramolecular Hbond substituents is 1. The summed E-state index contributed by atoms with van der Waals surface area (Å²) in [7, 11) is 0. The lowest BCUT2D eigenvalue weighted by Gasteiger charge is -2.22. The Labute approximate surface area is 284 Å². The number of alkyl halides is 3. The zero-order valence-corrected chi connectivity index (χ0v) is 27.4. The van der Waals surface area contributed by atoms with E-state index in [-0.39, 0.29) is 17.6 Å². The van der Waals surface area contributed by atoms with Crippen LogP contribution in [-0.4, -0.2) is 58.7 Å². The minimum absolute atomic E-state index is 0.0896. The lowest BCUT2D eigenvalue weighted by Crippen LogP contribution is -2.31. The lowest BCUT2D eigenvalue weighted by atomic mass is 10.0. The van der Waals surface area contributed by atoms with Crippen LogP contribution >= 0.6 is 15.9 Å². The van der Waals surface area contributed by atoms with E-state index in [1.807, 2.05) is 83.8 Å². The van der Waals surface area contributed by atoms with Gasteiger partial charge in [-0.3, -0.25) is 9.59 Å². The van der Waals surface area contributed by atoms with E-state index in [9.17, 15) is 27.9 Å². The molecule has 48 heavy (non-hydrogen) atoms. The van der Waals surface area contributed by atoms with Gasteiger partial charge < -0.3 is 26.2 Å². The minimum atomic E-state index is -5.08. The quantitative estimate of drug-likeness (QED) is 0.0937. The second kappa shape index (κ2) is 18.4. The summed E-state index contributed by atoms with van der Waals surface area (Å²) in [5, 5.41) is 19.6. The Bertz CT molecular complexity index is 1690. The highest BCUT2D eigenvalue weighted by Crippen LogP contribution is 2.23. The summed E-state index contributed by atoms with van der Waals surface area (Å²) in [5.41, 5.74) is 11.0. The number of nitrogens with zero attached hydrogens (tertiary/aromatic N) is 1. The van der Waals surface area contributed by atoms with Gasteiger partial charge in [-0.15, -0.1) is 0 Å². The molecule has 0 aliphatic carbocycles. The van der Waals surface area contributed by atoms with Crippen LogP contribution < -0.4 is 11.1 Å². The zero-order chi connectivity index (χ0) is 35.1. The third kappa shape index (κ3) is 12.7. The lowest BCUT2D eigenvalue weighted by molar-refractivity contribution is -0.192. The number of hydrogen-bond acceptors (Lipinski definition) is 5. The van der Waals surface area contributed by atoms with E-state index in [0.717, 1.165) is 38.7 Å². The van der Waals surface area contributed by atoms with Gasteiger partial charge in [0.05, 0.1) is 0 Å². The smallest absolute Gasteiger partial charge is 0.490 e. The Morgan fingerprint density at radius 2 is 1.50 bits per heavy atom. The van der Waals surface area contributed by atoms with Gasteiger partial charge >= 0.3 is 12.1 Å². The molecule has 12 heteroatoms. The Morgan fingerprint density at radius 3 is 2.12 bits per heavy atom. The molecule has 0 aliphatic rings. The fourth-order valence-corrected chi connectivity index (χ4v) is 4.62. The van der Waals surface area contributed by atoms with Crippen LogP contribution in [-0.2, 0) is 22.6 Å². The highest BCUT2D eigenvalue weighted by molar-refractivity contribution is 9.10. The predicted molar refractivity (Wildman–Crippen MR) is 182 cm³/mol. The molecule has 0 spiro atoms. The number of nitrogens with one attached hydrogen (secondary N) is 1. The molecule has 4 rings (SSSR count). The molecule has 2 amide bonds. The average molecular weight is 727 g/mol. The molecule has 0 aromatic heterocycles. The SMILES string of the molecule is NCCCNC(=O)c1cccc(-c2cccc(CN(CCc3ccc(O)cc3)C(=O)C=Cc3ccc(Br)cc3)c2)c1.O=C(O)C(F)(F)F. The van der Waals surface area contributed by atoms with E-state index in [4.69, 9.17) is 15.6 Å². The van der Waals surface area contributed by atoms with E-state index in [2.05, 4.69) is 27.3 Å². The molecule has 0 fully saturated rings. The second-order valence-electron chi connectivity index (χ2n) is 10.5. The molecule has 0 atom stereocenters. The van der Waals surface area contributed by atoms with Crippen LogP contribution in [0.4, 0.5) is 13.2 Å². The molecular formula is C36H35BrF3N3O5. The van der Waals surface area contributed by atoms with E-state index in [1.54, 1.807) is 24.3 Å². The number of carbonyl (C=O) groups excluding carboxylic acids is 2. The number of nitrogens with two attached hydrogens (primary N) is 1. The summed E-state index contributed by atoms with van der Waals surface area (Å²) in [6.07, 6.45) is -0.271. The van der Waals surface area contributed by atoms with Crippen molar-refractivity contribution in [3.63, 3.8) is 0 Å². The normalized spacial score (nSPS) is 11.0. The zero-order valence-electron chi connectivity index (χ0n) is 25.8. The number of rotatable bonds is 12. The number of aromatic hydroxyl groups is 1. The van der Waals surface area contributed by atoms with Crippen molar-refractivity contribution in [3.8, 4) is 16.9 Å². The van der Waals surface area contributed by atoms with Crippen molar-refractivity contribution < 1.29 is 37.8 Å². The van der Waals surface area contributed by atoms with Gasteiger partial charge in [-0.2, -0.15) is 13.2 Å². The Kier molecular flexibility index (Phi) is 14.4. The van der Waals surface area contributed by atoms with Gasteiger partial charge in [0.15, 0.2) is 0 Å². The van der Waals surface area contributed by atoms with Crippen LogP contribution in [0.25, 0.3) is 17.2 Å². The molecular weight excluding hydrogens is 691 g/mol. The monoisotopic (exact) mass is 725 g/mol. The van der Waals surface area contributed by atoms with Crippen molar-refractivity contribution in [2.75, 3.05) is 19.6 Å². The van der Waals surface area contributed by atoms with Crippen molar-refractivity contribution in [1.29, 1.82) is 0 Å². The van der Waals surface area contributed by atoms with E-state index in [1.165, 1.54) is 0 Å². The first-order valence-electron chi connectivity index (χ1n) is 14.8. The maximum atomic E-state index is 13.4. The van der Waals surface area contributed by atoms with Crippen LogP contribution in [0.5, 0.6) is 5.75 Å². The van der Waals surface area contributed by atoms with Crippen molar-refractivity contribution in [1.82, 2.24) is 10.2 Å². The maximum absolute atomic E-state index is 13.4. The molecule has 0 bridgehead atoms. The number of phenols is 1. The number of benzene rings is 4. The molecule has 0 radical (unpaired) electrons. The summed E-state index contributed by atoms with van der Waals surface area (Å²) in [6, 6.07) is 30.4. The van der Waals surface area contributed by atoms with E-state index >= 15 is 0 Å². The van der Waals surface area contributed by atoms with Crippen LogP contribution in [0.3, 0.4) is 0 Å². The molecule has 4 aromatic carbocycles. The second-order valence-corrected chi connectivity index (χ2v) is 11.5. The van der Waals surface area contributed by atoms with Gasteiger partial charge in [-0.05, 0) is 95.7 Å². The first kappa shape index (κ1) is 37.5. The third-order valence-electron chi connectivity index (χ3n) is 6.87. The Balaban J connectivity index is 0.000000804. The number of aliphatic carboxylic acids is 1. The number of carboxylic acids is 1. The molecule has 252 valence electrons. The highest BCUT2D eigenvalue weighted by Gasteiger charge is 2.38. The van der Waals surface area contributed by atoms with E-state index < -0.39 is 12.1 Å². The third-order valence-corrected chi connectivity index (χ3v) is 7.40. The van der Waals surface area contributed by atoms with Crippen molar-refractivity contribution in [2.45, 2.75) is 25.6 Å². The number of hydrogen-bond donors (Lipinski definition) is 4. The van der Waals surface area contributed by atoms with Crippen LogP contribution in [0.15, 0.2) is 108 Å². The largest absolute Gasteiger partial charge is 0.508 e. The molecule has 8 nitrogen and oxygen atoms in total. The van der Waals surface area contributed by atoms with E-state index in [0.29, 0.717) is 38.2 Å².